The second-order valence-corrected chi connectivity index (χ2v) is 3.55. The van der Waals surface area contributed by atoms with Gasteiger partial charge in [-0.15, -0.1) is 0 Å². The smallest absolute Gasteiger partial charge is 0.337 e. The van der Waals surface area contributed by atoms with Crippen LogP contribution in [0, 0.1) is 0 Å². The van der Waals surface area contributed by atoms with Crippen LogP contribution in [0.25, 0.3) is 6.08 Å². The number of ether oxygens (including phenoxy) is 1. The van der Waals surface area contributed by atoms with E-state index in [1.165, 1.54) is 7.11 Å². The van der Waals surface area contributed by atoms with Crippen molar-refractivity contribution < 1.29 is 9.53 Å². The monoisotopic (exact) mass is 219 g/mol. The number of esters is 1. The maximum Gasteiger partial charge on any atom is 0.337 e. The summed E-state index contributed by atoms with van der Waals surface area (Å²) in [4.78, 5) is 11.2. The average molecular weight is 219 g/mol. The molecular formula is C13H17NO2. The van der Waals surface area contributed by atoms with Crippen molar-refractivity contribution in [1.82, 2.24) is 5.32 Å². The molecule has 0 aliphatic carbocycles. The van der Waals surface area contributed by atoms with Crippen LogP contribution < -0.4 is 5.32 Å². The molecule has 1 N–H and O–H groups in total. The summed E-state index contributed by atoms with van der Waals surface area (Å²) < 4.78 is 4.62. The lowest BCUT2D eigenvalue weighted by molar-refractivity contribution is 0.0601. The minimum atomic E-state index is -0.306. The summed E-state index contributed by atoms with van der Waals surface area (Å²) in [6.07, 6.45) is 4.08. The summed E-state index contributed by atoms with van der Waals surface area (Å²) in [6, 6.07) is 7.64. The zero-order chi connectivity index (χ0) is 12.0. The van der Waals surface area contributed by atoms with Crippen molar-refractivity contribution in [3.8, 4) is 0 Å². The average Bonchev–Trinajstić information content (AvgIpc) is 2.35. The van der Waals surface area contributed by atoms with Crippen LogP contribution in [0.5, 0.6) is 0 Å². The van der Waals surface area contributed by atoms with E-state index in [-0.39, 0.29) is 5.97 Å². The normalized spacial score (nSPS) is 12.7. The first kappa shape index (κ1) is 12.5. The SMILES string of the molecule is CNC(C)/C=C/c1ccc(C(=O)OC)cc1. The Morgan fingerprint density at radius 1 is 1.38 bits per heavy atom. The number of hydrogen-bond donors (Lipinski definition) is 1. The molecule has 0 saturated heterocycles. The Bertz CT molecular complexity index is 368. The van der Waals surface area contributed by atoms with E-state index in [1.807, 2.05) is 25.3 Å². The van der Waals surface area contributed by atoms with Crippen molar-refractivity contribution in [2.45, 2.75) is 13.0 Å². The van der Waals surface area contributed by atoms with Crippen molar-refractivity contribution in [2.75, 3.05) is 14.2 Å². The second kappa shape index (κ2) is 6.08. The van der Waals surface area contributed by atoms with Crippen molar-refractivity contribution in [3.05, 3.63) is 41.5 Å². The fourth-order valence-electron chi connectivity index (χ4n) is 1.20. The van der Waals surface area contributed by atoms with Gasteiger partial charge in [0, 0.05) is 6.04 Å². The molecular weight excluding hydrogens is 202 g/mol. The zero-order valence-electron chi connectivity index (χ0n) is 9.86. The van der Waals surface area contributed by atoms with Crippen LogP contribution in [-0.4, -0.2) is 26.2 Å². The molecule has 1 rings (SSSR count). The van der Waals surface area contributed by atoms with Crippen molar-refractivity contribution in [3.63, 3.8) is 0 Å². The van der Waals surface area contributed by atoms with Crippen molar-refractivity contribution >= 4 is 12.0 Å². The van der Waals surface area contributed by atoms with E-state index in [0.29, 0.717) is 11.6 Å². The Morgan fingerprint density at radius 3 is 2.50 bits per heavy atom. The van der Waals surface area contributed by atoms with Gasteiger partial charge in [0.1, 0.15) is 0 Å². The number of rotatable bonds is 4. The Balaban J connectivity index is 2.72. The largest absolute Gasteiger partial charge is 0.465 e. The first-order valence-electron chi connectivity index (χ1n) is 5.21. The van der Waals surface area contributed by atoms with E-state index in [9.17, 15) is 4.79 Å². The highest BCUT2D eigenvalue weighted by atomic mass is 16.5. The standard InChI is InChI=1S/C13H17NO2/c1-10(14-2)4-5-11-6-8-12(9-7-11)13(15)16-3/h4-10,14H,1-3H3/b5-4+. The number of carbonyl (C=O) groups is 1. The van der Waals surface area contributed by atoms with Crippen LogP contribution in [-0.2, 0) is 4.74 Å². The molecule has 0 radical (unpaired) electrons. The molecule has 1 aromatic carbocycles. The molecule has 86 valence electrons. The molecule has 3 nitrogen and oxygen atoms in total. The lowest BCUT2D eigenvalue weighted by atomic mass is 10.1. The van der Waals surface area contributed by atoms with E-state index < -0.39 is 0 Å². The molecule has 1 atom stereocenters. The quantitative estimate of drug-likeness (QED) is 0.788. The zero-order valence-corrected chi connectivity index (χ0v) is 9.86. The molecule has 0 amide bonds. The predicted molar refractivity (Wildman–Crippen MR) is 65.3 cm³/mol. The molecule has 16 heavy (non-hydrogen) atoms. The molecule has 0 spiro atoms. The number of likely N-dealkylation sites (N-methyl/N-ethyl adjacent to an activating group) is 1. The van der Waals surface area contributed by atoms with Gasteiger partial charge in [0.25, 0.3) is 0 Å². The Labute approximate surface area is 96.1 Å². The third kappa shape index (κ3) is 3.51. The second-order valence-electron chi connectivity index (χ2n) is 3.55. The van der Waals surface area contributed by atoms with E-state index in [0.717, 1.165) is 5.56 Å². The number of benzene rings is 1. The minimum absolute atomic E-state index is 0.306. The number of hydrogen-bond acceptors (Lipinski definition) is 3. The first-order chi connectivity index (χ1) is 7.67. The highest BCUT2D eigenvalue weighted by Gasteiger charge is 2.02. The van der Waals surface area contributed by atoms with Crippen LogP contribution in [0.4, 0.5) is 0 Å². The van der Waals surface area contributed by atoms with E-state index >= 15 is 0 Å². The van der Waals surface area contributed by atoms with Crippen LogP contribution in [0.3, 0.4) is 0 Å². The summed E-state index contributed by atoms with van der Waals surface area (Å²) >= 11 is 0. The Kier molecular flexibility index (Phi) is 4.73. The van der Waals surface area contributed by atoms with Gasteiger partial charge in [0.2, 0.25) is 0 Å². The summed E-state index contributed by atoms with van der Waals surface area (Å²) in [6.45, 7) is 2.07. The summed E-state index contributed by atoms with van der Waals surface area (Å²) in [7, 11) is 3.29. The van der Waals surface area contributed by atoms with Gasteiger partial charge in [0.05, 0.1) is 12.7 Å². The van der Waals surface area contributed by atoms with Crippen LogP contribution >= 0.6 is 0 Å². The van der Waals surface area contributed by atoms with Gasteiger partial charge in [-0.1, -0.05) is 24.3 Å². The van der Waals surface area contributed by atoms with Gasteiger partial charge >= 0.3 is 5.97 Å². The number of nitrogens with one attached hydrogen (secondary N) is 1. The summed E-state index contributed by atoms with van der Waals surface area (Å²) in [5.74, 6) is -0.306. The van der Waals surface area contributed by atoms with Gasteiger partial charge in [-0.25, -0.2) is 4.79 Å². The lowest BCUT2D eigenvalue weighted by Crippen LogP contribution is -2.17. The van der Waals surface area contributed by atoms with E-state index in [1.54, 1.807) is 12.1 Å². The van der Waals surface area contributed by atoms with Gasteiger partial charge in [-0.2, -0.15) is 0 Å². The van der Waals surface area contributed by atoms with Gasteiger partial charge < -0.3 is 10.1 Å². The van der Waals surface area contributed by atoms with Crippen molar-refractivity contribution in [2.24, 2.45) is 0 Å². The molecule has 1 unspecified atom stereocenters. The van der Waals surface area contributed by atoms with Gasteiger partial charge in [-0.05, 0) is 31.7 Å². The maximum absolute atomic E-state index is 11.2. The van der Waals surface area contributed by atoms with E-state index in [4.69, 9.17) is 0 Å². The van der Waals surface area contributed by atoms with E-state index in [2.05, 4.69) is 23.1 Å². The molecule has 0 fully saturated rings. The van der Waals surface area contributed by atoms with Crippen LogP contribution in [0.2, 0.25) is 0 Å². The molecule has 0 heterocycles. The highest BCUT2D eigenvalue weighted by molar-refractivity contribution is 5.89. The molecule has 0 aliphatic heterocycles. The van der Waals surface area contributed by atoms with Gasteiger partial charge in [-0.3, -0.25) is 0 Å². The third-order valence-corrected chi connectivity index (χ3v) is 2.36. The number of methoxy groups -OCH3 is 1. The minimum Gasteiger partial charge on any atom is -0.465 e. The summed E-state index contributed by atoms with van der Waals surface area (Å²) in [5, 5.41) is 3.11. The Hall–Kier alpha value is -1.61. The molecule has 0 saturated carbocycles. The molecule has 1 aromatic rings. The fourth-order valence-corrected chi connectivity index (χ4v) is 1.20. The first-order valence-corrected chi connectivity index (χ1v) is 5.21. The molecule has 0 aromatic heterocycles. The Morgan fingerprint density at radius 2 is 2.00 bits per heavy atom. The van der Waals surface area contributed by atoms with Gasteiger partial charge in [0.15, 0.2) is 0 Å². The highest BCUT2D eigenvalue weighted by Crippen LogP contribution is 2.07. The number of carbonyl (C=O) groups excluding carboxylic acids is 1. The fraction of sp³-hybridized carbons (Fsp3) is 0.308. The van der Waals surface area contributed by atoms with Crippen LogP contribution in [0.15, 0.2) is 30.3 Å². The molecule has 0 bridgehead atoms. The van der Waals surface area contributed by atoms with Crippen molar-refractivity contribution in [1.29, 1.82) is 0 Å². The summed E-state index contributed by atoms with van der Waals surface area (Å²) in [5.41, 5.74) is 1.64. The predicted octanol–water partition coefficient (Wildman–Crippen LogP) is 2.09. The molecule has 3 heteroatoms. The lowest BCUT2D eigenvalue weighted by Gasteiger charge is -2.03. The molecule has 0 aliphatic rings. The maximum atomic E-state index is 11.2. The van der Waals surface area contributed by atoms with Crippen LogP contribution in [0.1, 0.15) is 22.8 Å². The topological polar surface area (TPSA) is 38.3 Å². The third-order valence-electron chi connectivity index (χ3n) is 2.36.